The van der Waals surface area contributed by atoms with E-state index in [4.69, 9.17) is 5.73 Å². The van der Waals surface area contributed by atoms with Crippen LogP contribution in [0.1, 0.15) is 38.3 Å². The number of aryl methyl sites for hydroxylation is 1. The molecule has 0 radical (unpaired) electrons. The summed E-state index contributed by atoms with van der Waals surface area (Å²) in [4.78, 5) is 2.49. The molecule has 4 heteroatoms. The largest absolute Gasteiger partial charge is 0.326 e. The fourth-order valence-electron chi connectivity index (χ4n) is 2.58. The summed E-state index contributed by atoms with van der Waals surface area (Å²) >= 11 is 0. The summed E-state index contributed by atoms with van der Waals surface area (Å²) in [6, 6.07) is 0.640. The Kier molecular flexibility index (Phi) is 3.61. The monoisotopic (exact) mass is 222 g/mol. The molecule has 2 atom stereocenters. The number of nitrogens with zero attached hydrogens (tertiary/aromatic N) is 3. The van der Waals surface area contributed by atoms with E-state index in [-0.39, 0.29) is 6.04 Å². The summed E-state index contributed by atoms with van der Waals surface area (Å²) in [5, 5.41) is 4.34. The molecule has 0 unspecified atom stereocenters. The van der Waals surface area contributed by atoms with E-state index in [1.807, 2.05) is 10.9 Å². The highest BCUT2D eigenvalue weighted by atomic mass is 15.3. The quantitative estimate of drug-likeness (QED) is 0.837. The van der Waals surface area contributed by atoms with Crippen LogP contribution in [-0.4, -0.2) is 33.8 Å². The second-order valence-electron chi connectivity index (χ2n) is 4.56. The molecular weight excluding hydrogens is 200 g/mol. The van der Waals surface area contributed by atoms with Gasteiger partial charge in [0.1, 0.15) is 0 Å². The van der Waals surface area contributed by atoms with Gasteiger partial charge in [-0.1, -0.05) is 6.92 Å². The molecule has 1 fully saturated rings. The van der Waals surface area contributed by atoms with Crippen molar-refractivity contribution in [2.24, 2.45) is 5.73 Å². The maximum absolute atomic E-state index is 6.20. The molecular formula is C12H22N4. The van der Waals surface area contributed by atoms with E-state index in [1.165, 1.54) is 12.0 Å². The minimum absolute atomic E-state index is 0.265. The van der Waals surface area contributed by atoms with Crippen LogP contribution in [0.5, 0.6) is 0 Å². The lowest BCUT2D eigenvalue weighted by molar-refractivity contribution is 0.248. The summed E-state index contributed by atoms with van der Waals surface area (Å²) in [6.07, 6.45) is 6.40. The van der Waals surface area contributed by atoms with Crippen molar-refractivity contribution in [1.29, 1.82) is 0 Å². The third kappa shape index (κ3) is 2.13. The number of hydrogen-bond donors (Lipinski definition) is 1. The molecule has 2 heterocycles. The zero-order valence-electron chi connectivity index (χ0n) is 10.3. The van der Waals surface area contributed by atoms with Gasteiger partial charge in [-0.3, -0.25) is 9.58 Å². The average molecular weight is 222 g/mol. The van der Waals surface area contributed by atoms with Crippen molar-refractivity contribution in [3.63, 3.8) is 0 Å². The molecule has 0 aromatic carbocycles. The first kappa shape index (κ1) is 11.6. The van der Waals surface area contributed by atoms with Crippen molar-refractivity contribution in [2.45, 2.75) is 45.3 Å². The lowest BCUT2D eigenvalue weighted by atomic mass is 10.0. The summed E-state index contributed by atoms with van der Waals surface area (Å²) in [5.74, 6) is 0. The molecule has 1 saturated heterocycles. The molecule has 1 aromatic heterocycles. The Balaban J connectivity index is 2.15. The van der Waals surface area contributed by atoms with Crippen molar-refractivity contribution in [3.8, 4) is 0 Å². The van der Waals surface area contributed by atoms with Crippen LogP contribution in [-0.2, 0) is 6.54 Å². The topological polar surface area (TPSA) is 47.1 Å². The zero-order valence-corrected chi connectivity index (χ0v) is 10.3. The molecule has 0 saturated carbocycles. The van der Waals surface area contributed by atoms with Crippen LogP contribution in [0.25, 0.3) is 0 Å². The van der Waals surface area contributed by atoms with E-state index in [0.29, 0.717) is 6.04 Å². The van der Waals surface area contributed by atoms with Crippen LogP contribution in [0, 0.1) is 0 Å². The SMILES string of the molecule is CCCN1CC[C@H](N)[C@H]1c1cnn(CC)c1. The Morgan fingerprint density at radius 3 is 2.94 bits per heavy atom. The summed E-state index contributed by atoms with van der Waals surface area (Å²) in [6.45, 7) is 7.51. The lowest BCUT2D eigenvalue weighted by Gasteiger charge is -2.25. The average Bonchev–Trinajstić information content (AvgIpc) is 2.86. The van der Waals surface area contributed by atoms with Gasteiger partial charge in [-0.05, 0) is 26.3 Å². The molecule has 0 spiro atoms. The Hall–Kier alpha value is -0.870. The van der Waals surface area contributed by atoms with E-state index in [0.717, 1.165) is 26.1 Å². The molecule has 1 aliphatic rings. The van der Waals surface area contributed by atoms with Crippen LogP contribution in [0.4, 0.5) is 0 Å². The highest BCUT2D eigenvalue weighted by molar-refractivity contribution is 5.15. The van der Waals surface area contributed by atoms with Gasteiger partial charge in [-0.2, -0.15) is 5.10 Å². The maximum atomic E-state index is 6.20. The second kappa shape index (κ2) is 4.97. The highest BCUT2D eigenvalue weighted by Crippen LogP contribution is 2.30. The van der Waals surface area contributed by atoms with Gasteiger partial charge in [0, 0.05) is 30.9 Å². The molecule has 1 aromatic rings. The van der Waals surface area contributed by atoms with Crippen LogP contribution in [0.2, 0.25) is 0 Å². The minimum Gasteiger partial charge on any atom is -0.326 e. The number of aromatic nitrogens is 2. The second-order valence-corrected chi connectivity index (χ2v) is 4.56. The number of nitrogens with two attached hydrogens (primary N) is 1. The Labute approximate surface area is 97.4 Å². The van der Waals surface area contributed by atoms with Crippen LogP contribution in [0.15, 0.2) is 12.4 Å². The van der Waals surface area contributed by atoms with Crippen molar-refractivity contribution >= 4 is 0 Å². The van der Waals surface area contributed by atoms with E-state index in [1.54, 1.807) is 0 Å². The zero-order chi connectivity index (χ0) is 11.5. The Bertz CT molecular complexity index is 332. The van der Waals surface area contributed by atoms with Crippen molar-refractivity contribution in [1.82, 2.24) is 14.7 Å². The van der Waals surface area contributed by atoms with Crippen LogP contribution < -0.4 is 5.73 Å². The molecule has 0 amide bonds. The predicted octanol–water partition coefficient (Wildman–Crippen LogP) is 1.39. The van der Waals surface area contributed by atoms with E-state index in [2.05, 4.69) is 30.0 Å². The van der Waals surface area contributed by atoms with Gasteiger partial charge >= 0.3 is 0 Å². The third-order valence-corrected chi connectivity index (χ3v) is 3.38. The Morgan fingerprint density at radius 1 is 1.50 bits per heavy atom. The summed E-state index contributed by atoms with van der Waals surface area (Å²) < 4.78 is 1.98. The summed E-state index contributed by atoms with van der Waals surface area (Å²) in [7, 11) is 0. The maximum Gasteiger partial charge on any atom is 0.0538 e. The molecule has 2 rings (SSSR count). The van der Waals surface area contributed by atoms with Gasteiger partial charge in [0.05, 0.1) is 12.2 Å². The molecule has 2 N–H and O–H groups in total. The molecule has 1 aliphatic heterocycles. The standard InChI is InChI=1S/C12H22N4/c1-3-6-15-7-5-11(13)12(15)10-8-14-16(4-2)9-10/h8-9,11-12H,3-7,13H2,1-2H3/t11-,12+/m0/s1. The van der Waals surface area contributed by atoms with E-state index in [9.17, 15) is 0 Å². The lowest BCUT2D eigenvalue weighted by Crippen LogP contribution is -2.32. The van der Waals surface area contributed by atoms with Gasteiger partial charge in [-0.15, -0.1) is 0 Å². The highest BCUT2D eigenvalue weighted by Gasteiger charge is 2.32. The van der Waals surface area contributed by atoms with Gasteiger partial charge in [0.15, 0.2) is 0 Å². The van der Waals surface area contributed by atoms with Crippen molar-refractivity contribution < 1.29 is 0 Å². The third-order valence-electron chi connectivity index (χ3n) is 3.38. The van der Waals surface area contributed by atoms with Crippen molar-refractivity contribution in [3.05, 3.63) is 18.0 Å². The Morgan fingerprint density at radius 2 is 2.31 bits per heavy atom. The number of likely N-dealkylation sites (tertiary alicyclic amines) is 1. The van der Waals surface area contributed by atoms with Crippen LogP contribution in [0.3, 0.4) is 0 Å². The van der Waals surface area contributed by atoms with Gasteiger partial charge in [0.2, 0.25) is 0 Å². The predicted molar refractivity (Wildman–Crippen MR) is 65.1 cm³/mol. The molecule has 16 heavy (non-hydrogen) atoms. The molecule has 0 bridgehead atoms. The van der Waals surface area contributed by atoms with E-state index < -0.39 is 0 Å². The minimum atomic E-state index is 0.265. The first-order chi connectivity index (χ1) is 7.76. The normalized spacial score (nSPS) is 26.4. The summed E-state index contributed by atoms with van der Waals surface area (Å²) in [5.41, 5.74) is 7.48. The molecule has 90 valence electrons. The van der Waals surface area contributed by atoms with Gasteiger partial charge < -0.3 is 5.73 Å². The number of hydrogen-bond acceptors (Lipinski definition) is 3. The van der Waals surface area contributed by atoms with Crippen molar-refractivity contribution in [2.75, 3.05) is 13.1 Å². The fourth-order valence-corrected chi connectivity index (χ4v) is 2.58. The van der Waals surface area contributed by atoms with Crippen LogP contribution >= 0.6 is 0 Å². The molecule has 4 nitrogen and oxygen atoms in total. The van der Waals surface area contributed by atoms with Gasteiger partial charge in [-0.25, -0.2) is 0 Å². The fraction of sp³-hybridized carbons (Fsp3) is 0.750. The van der Waals surface area contributed by atoms with Gasteiger partial charge in [0.25, 0.3) is 0 Å². The smallest absolute Gasteiger partial charge is 0.0538 e. The van der Waals surface area contributed by atoms with E-state index >= 15 is 0 Å². The first-order valence-electron chi connectivity index (χ1n) is 6.28. The first-order valence-corrected chi connectivity index (χ1v) is 6.28. The number of rotatable bonds is 4. The molecule has 0 aliphatic carbocycles.